The first-order valence-electron chi connectivity index (χ1n) is 6.46. The van der Waals surface area contributed by atoms with Gasteiger partial charge in [0.25, 0.3) is 5.66 Å². The molecule has 1 aliphatic heterocycles. The molecule has 0 aliphatic carbocycles. The van der Waals surface area contributed by atoms with E-state index in [-0.39, 0.29) is 5.71 Å². The van der Waals surface area contributed by atoms with E-state index in [1.54, 1.807) is 38.1 Å². The van der Waals surface area contributed by atoms with E-state index in [0.29, 0.717) is 21.0 Å². The van der Waals surface area contributed by atoms with Crippen LogP contribution in [0.15, 0.2) is 29.4 Å². The van der Waals surface area contributed by atoms with Crippen LogP contribution in [-0.2, 0) is 0 Å². The maximum atomic E-state index is 12.8. The van der Waals surface area contributed by atoms with Crippen molar-refractivity contribution in [2.24, 2.45) is 5.16 Å². The van der Waals surface area contributed by atoms with Gasteiger partial charge in [-0.2, -0.15) is 4.74 Å². The summed E-state index contributed by atoms with van der Waals surface area (Å²) in [6, 6.07) is 6.79. The number of oxime groups is 1. The van der Waals surface area contributed by atoms with Gasteiger partial charge in [0.2, 0.25) is 5.71 Å². The van der Waals surface area contributed by atoms with Crippen molar-refractivity contribution in [1.82, 2.24) is 5.06 Å². The lowest BCUT2D eigenvalue weighted by Gasteiger charge is -2.32. The summed E-state index contributed by atoms with van der Waals surface area (Å²) in [6.07, 6.45) is 0. The van der Waals surface area contributed by atoms with E-state index in [9.17, 15) is 10.4 Å². The van der Waals surface area contributed by atoms with Gasteiger partial charge in [-0.25, -0.2) is 0 Å². The van der Waals surface area contributed by atoms with Gasteiger partial charge < -0.3 is 15.6 Å². The molecule has 0 saturated heterocycles. The molecular formula is C14H18ClN3O3. The summed E-state index contributed by atoms with van der Waals surface area (Å²) in [7, 11) is 0. The van der Waals surface area contributed by atoms with Crippen LogP contribution in [0.4, 0.5) is 0 Å². The molecule has 1 aromatic rings. The predicted molar refractivity (Wildman–Crippen MR) is 80.2 cm³/mol. The summed E-state index contributed by atoms with van der Waals surface area (Å²) in [5, 5.41) is 36.9. The lowest BCUT2D eigenvalue weighted by molar-refractivity contribution is -0.560. The molecule has 114 valence electrons. The maximum absolute atomic E-state index is 12.8. The molecule has 0 radical (unpaired) electrons. The summed E-state index contributed by atoms with van der Waals surface area (Å²) in [6.45, 7) is 6.42. The van der Waals surface area contributed by atoms with Gasteiger partial charge in [-0.3, -0.25) is 0 Å². The number of nitrogens with zero attached hydrogens (tertiary/aromatic N) is 3. The van der Waals surface area contributed by atoms with Crippen molar-refractivity contribution in [3.05, 3.63) is 40.1 Å². The SMILES string of the molecule is C/C(=N/O)C1(C)N(O)C(C)(C)C(c2ccc(Cl)cc2)=[N+]1[O-]. The minimum atomic E-state index is -1.48. The molecule has 0 bridgehead atoms. The average molecular weight is 312 g/mol. The Morgan fingerprint density at radius 3 is 2.29 bits per heavy atom. The van der Waals surface area contributed by atoms with Crippen molar-refractivity contribution >= 4 is 23.0 Å². The van der Waals surface area contributed by atoms with Crippen LogP contribution in [-0.4, -0.2) is 42.8 Å². The molecule has 21 heavy (non-hydrogen) atoms. The normalized spacial score (nSPS) is 26.5. The second-order valence-corrected chi connectivity index (χ2v) is 6.16. The van der Waals surface area contributed by atoms with E-state index in [4.69, 9.17) is 16.8 Å². The Kier molecular flexibility index (Phi) is 3.73. The molecule has 1 aliphatic rings. The van der Waals surface area contributed by atoms with Crippen LogP contribution in [0.1, 0.15) is 33.3 Å². The topological polar surface area (TPSA) is 82.1 Å². The number of hydrogen-bond acceptors (Lipinski definition) is 5. The molecule has 2 N–H and O–H groups in total. The van der Waals surface area contributed by atoms with E-state index in [1.807, 2.05) is 0 Å². The summed E-state index contributed by atoms with van der Waals surface area (Å²) in [4.78, 5) is 0. The predicted octanol–water partition coefficient (Wildman–Crippen LogP) is 2.69. The zero-order chi connectivity index (χ0) is 16.0. The lowest BCUT2D eigenvalue weighted by Crippen LogP contribution is -2.57. The minimum absolute atomic E-state index is 0.0945. The van der Waals surface area contributed by atoms with E-state index >= 15 is 0 Å². The number of hydrogen-bond donors (Lipinski definition) is 2. The van der Waals surface area contributed by atoms with E-state index in [2.05, 4.69) is 5.16 Å². The third-order valence-electron chi connectivity index (χ3n) is 4.07. The van der Waals surface area contributed by atoms with Crippen LogP contribution in [0, 0.1) is 5.21 Å². The van der Waals surface area contributed by atoms with Gasteiger partial charge in [-0.1, -0.05) is 16.8 Å². The van der Waals surface area contributed by atoms with Crippen LogP contribution < -0.4 is 0 Å². The highest BCUT2D eigenvalue weighted by Crippen LogP contribution is 2.36. The molecule has 0 spiro atoms. The molecule has 2 rings (SSSR count). The average Bonchev–Trinajstić information content (AvgIpc) is 2.58. The molecule has 1 atom stereocenters. The highest BCUT2D eigenvalue weighted by molar-refractivity contribution is 6.30. The van der Waals surface area contributed by atoms with Crippen molar-refractivity contribution in [1.29, 1.82) is 0 Å². The van der Waals surface area contributed by atoms with Gasteiger partial charge in [-0.05, 0) is 45.0 Å². The Morgan fingerprint density at radius 2 is 1.81 bits per heavy atom. The van der Waals surface area contributed by atoms with Crippen LogP contribution in [0.2, 0.25) is 5.02 Å². The van der Waals surface area contributed by atoms with Crippen LogP contribution in [0.5, 0.6) is 0 Å². The molecule has 0 aromatic heterocycles. The molecule has 0 saturated carbocycles. The first kappa shape index (κ1) is 15.8. The molecule has 1 aromatic carbocycles. The van der Waals surface area contributed by atoms with Gasteiger partial charge in [0.15, 0.2) is 0 Å². The second kappa shape index (κ2) is 4.98. The zero-order valence-electron chi connectivity index (χ0n) is 12.3. The molecular weight excluding hydrogens is 294 g/mol. The Bertz CT molecular complexity index is 625. The van der Waals surface area contributed by atoms with Crippen molar-refractivity contribution in [2.75, 3.05) is 0 Å². The van der Waals surface area contributed by atoms with Gasteiger partial charge in [-0.15, -0.1) is 5.06 Å². The van der Waals surface area contributed by atoms with Gasteiger partial charge >= 0.3 is 0 Å². The fraction of sp³-hybridized carbons (Fsp3) is 0.429. The third-order valence-corrected chi connectivity index (χ3v) is 4.33. The quantitative estimate of drug-likeness (QED) is 0.289. The number of hydroxylamine groups is 3. The van der Waals surface area contributed by atoms with E-state index in [0.717, 1.165) is 5.06 Å². The fourth-order valence-corrected chi connectivity index (χ4v) is 2.80. The third kappa shape index (κ3) is 2.10. The largest absolute Gasteiger partial charge is 0.622 e. The molecule has 6 nitrogen and oxygen atoms in total. The summed E-state index contributed by atoms with van der Waals surface area (Å²) in [5.74, 6) is 0. The van der Waals surface area contributed by atoms with Gasteiger partial charge in [0, 0.05) is 17.5 Å². The fourth-order valence-electron chi connectivity index (χ4n) is 2.67. The first-order valence-corrected chi connectivity index (χ1v) is 6.84. The minimum Gasteiger partial charge on any atom is -0.622 e. The maximum Gasteiger partial charge on any atom is 0.290 e. The summed E-state index contributed by atoms with van der Waals surface area (Å²) >= 11 is 5.87. The molecule has 0 fully saturated rings. The molecule has 7 heteroatoms. The van der Waals surface area contributed by atoms with Crippen LogP contribution in [0.25, 0.3) is 0 Å². The van der Waals surface area contributed by atoms with Gasteiger partial charge in [0.05, 0.1) is 0 Å². The summed E-state index contributed by atoms with van der Waals surface area (Å²) in [5.41, 5.74) is -1.33. The van der Waals surface area contributed by atoms with Crippen molar-refractivity contribution in [3.8, 4) is 0 Å². The zero-order valence-corrected chi connectivity index (χ0v) is 13.1. The Hall–Kier alpha value is -1.63. The lowest BCUT2D eigenvalue weighted by atomic mass is 9.92. The highest BCUT2D eigenvalue weighted by Gasteiger charge is 2.61. The van der Waals surface area contributed by atoms with Crippen molar-refractivity contribution < 1.29 is 15.2 Å². The molecule has 0 amide bonds. The van der Waals surface area contributed by atoms with Crippen molar-refractivity contribution in [3.63, 3.8) is 0 Å². The Balaban J connectivity index is 2.70. The highest BCUT2D eigenvalue weighted by atomic mass is 35.5. The van der Waals surface area contributed by atoms with E-state index in [1.165, 1.54) is 13.8 Å². The summed E-state index contributed by atoms with van der Waals surface area (Å²) < 4.78 is 0.672. The Morgan fingerprint density at radius 1 is 1.29 bits per heavy atom. The number of rotatable bonds is 2. The number of halogens is 1. The van der Waals surface area contributed by atoms with Crippen molar-refractivity contribution in [2.45, 2.75) is 38.9 Å². The first-order chi connectivity index (χ1) is 9.67. The van der Waals surface area contributed by atoms with Crippen LogP contribution >= 0.6 is 11.6 Å². The standard InChI is InChI=1S/C14H18ClN3O3/c1-9(16-19)14(4)17(20)12(13(2,3)18(14)21)10-5-7-11(15)8-6-10/h5-8,19,21H,1-4H3/b16-9-. The van der Waals surface area contributed by atoms with Crippen LogP contribution in [0.3, 0.4) is 0 Å². The van der Waals surface area contributed by atoms with Gasteiger partial charge in [0.1, 0.15) is 11.3 Å². The monoisotopic (exact) mass is 311 g/mol. The molecule has 1 heterocycles. The second-order valence-electron chi connectivity index (χ2n) is 5.73. The molecule has 1 unspecified atom stereocenters. The Labute approximate surface area is 128 Å². The van der Waals surface area contributed by atoms with E-state index < -0.39 is 11.2 Å². The smallest absolute Gasteiger partial charge is 0.290 e. The number of benzene rings is 1.